The van der Waals surface area contributed by atoms with Gasteiger partial charge in [0.25, 0.3) is 0 Å². The summed E-state index contributed by atoms with van der Waals surface area (Å²) < 4.78 is 4.59. The maximum absolute atomic E-state index is 8.40. The summed E-state index contributed by atoms with van der Waals surface area (Å²) in [5.41, 5.74) is 0. The van der Waals surface area contributed by atoms with Crippen molar-refractivity contribution in [2.24, 2.45) is 0 Å². The maximum Gasteiger partial charge on any atom is 0.391 e. The van der Waals surface area contributed by atoms with Gasteiger partial charge in [0.05, 0.1) is 12.7 Å². The lowest BCUT2D eigenvalue weighted by molar-refractivity contribution is 0.110. The van der Waals surface area contributed by atoms with Crippen molar-refractivity contribution in [2.45, 2.75) is 13.0 Å². The molecule has 1 aromatic carbocycles. The molecule has 0 saturated heterocycles. The molecule has 0 saturated carbocycles. The number of para-hydroxylation sites is 1. The molecule has 5 nitrogen and oxygen atoms in total. The fourth-order valence-electron chi connectivity index (χ4n) is 0.576. The quantitative estimate of drug-likeness (QED) is 0.576. The van der Waals surface area contributed by atoms with Gasteiger partial charge in [-0.05, 0) is 19.1 Å². The molecule has 6 heteroatoms. The number of aliphatic hydroxyl groups is 2. The number of benzene rings is 1. The largest absolute Gasteiger partial charge is 0.427 e. The first kappa shape index (κ1) is 14.3. The molecule has 0 bridgehead atoms. The Balaban J connectivity index is 0.000000336. The number of aliphatic hydroxyl groups excluding tert-OH is 2. The Labute approximate surface area is 89.6 Å². The lowest BCUT2D eigenvalue weighted by atomic mass is 10.3. The van der Waals surface area contributed by atoms with Gasteiger partial charge in [-0.3, -0.25) is 0 Å². The molecule has 0 aromatic heterocycles. The first-order chi connectivity index (χ1) is 7.06. The van der Waals surface area contributed by atoms with Gasteiger partial charge < -0.3 is 24.5 Å². The van der Waals surface area contributed by atoms with Crippen LogP contribution < -0.4 is 4.52 Å². The van der Waals surface area contributed by atoms with E-state index in [2.05, 4.69) is 4.52 Å². The van der Waals surface area contributed by atoms with Gasteiger partial charge in [-0.2, -0.15) is 0 Å². The van der Waals surface area contributed by atoms with Crippen LogP contribution in [0.2, 0.25) is 0 Å². The Hall–Kier alpha value is -0.710. The molecule has 0 amide bonds. The van der Waals surface area contributed by atoms with Gasteiger partial charge in [-0.15, -0.1) is 0 Å². The lowest BCUT2D eigenvalue weighted by Crippen LogP contribution is -2.03. The van der Waals surface area contributed by atoms with Crippen LogP contribution in [0.5, 0.6) is 5.75 Å². The lowest BCUT2D eigenvalue weighted by Gasteiger charge is -2.02. The average Bonchev–Trinajstić information content (AvgIpc) is 2.19. The second kappa shape index (κ2) is 8.59. The van der Waals surface area contributed by atoms with E-state index in [0.717, 1.165) is 0 Å². The molecule has 1 unspecified atom stereocenters. The zero-order valence-corrected chi connectivity index (χ0v) is 9.21. The third kappa shape index (κ3) is 9.59. The van der Waals surface area contributed by atoms with Gasteiger partial charge >= 0.3 is 8.60 Å². The molecule has 0 aliphatic carbocycles. The van der Waals surface area contributed by atoms with Crippen molar-refractivity contribution >= 4 is 8.60 Å². The van der Waals surface area contributed by atoms with Gasteiger partial charge in [0.2, 0.25) is 0 Å². The molecule has 1 aromatic rings. The molecule has 15 heavy (non-hydrogen) atoms. The fraction of sp³-hybridized carbons (Fsp3) is 0.333. The van der Waals surface area contributed by atoms with E-state index in [-0.39, 0.29) is 6.61 Å². The number of hydrogen-bond donors (Lipinski definition) is 4. The summed E-state index contributed by atoms with van der Waals surface area (Å²) in [5, 5.41) is 16.0. The maximum atomic E-state index is 8.40. The van der Waals surface area contributed by atoms with Gasteiger partial charge in [-0.1, -0.05) is 18.2 Å². The second-order valence-corrected chi connectivity index (χ2v) is 3.38. The summed E-state index contributed by atoms with van der Waals surface area (Å²) in [6.45, 7) is 1.39. The van der Waals surface area contributed by atoms with E-state index in [4.69, 9.17) is 20.0 Å². The standard InChI is InChI=1S/C6H7O3P.C3H8O2/c7-10(8)9-6-4-2-1-3-5-6;1-3(5)2-4/h1-5,7-8H;3-5H,2H2,1H3. The van der Waals surface area contributed by atoms with Crippen LogP contribution in [0.25, 0.3) is 0 Å². The minimum atomic E-state index is -2.28. The highest BCUT2D eigenvalue weighted by Gasteiger charge is 1.99. The predicted molar refractivity (Wildman–Crippen MR) is 57.2 cm³/mol. The highest BCUT2D eigenvalue weighted by molar-refractivity contribution is 7.39. The van der Waals surface area contributed by atoms with E-state index in [1.807, 2.05) is 6.07 Å². The van der Waals surface area contributed by atoms with Crippen molar-refractivity contribution < 1.29 is 24.5 Å². The SMILES string of the molecule is CC(O)CO.OP(O)Oc1ccccc1. The Morgan fingerprint density at radius 3 is 2.07 bits per heavy atom. The molecule has 4 N–H and O–H groups in total. The Kier molecular flexibility index (Phi) is 8.18. The van der Waals surface area contributed by atoms with E-state index < -0.39 is 14.7 Å². The van der Waals surface area contributed by atoms with Crippen LogP contribution in [-0.4, -0.2) is 32.7 Å². The fourth-order valence-corrected chi connectivity index (χ4v) is 0.886. The molecule has 86 valence electrons. The first-order valence-electron chi connectivity index (χ1n) is 4.26. The van der Waals surface area contributed by atoms with Crippen LogP contribution in [-0.2, 0) is 0 Å². The second-order valence-electron chi connectivity index (χ2n) is 2.69. The topological polar surface area (TPSA) is 90.2 Å². The molecule has 0 aliphatic heterocycles. The van der Waals surface area contributed by atoms with Gasteiger partial charge in [-0.25, -0.2) is 0 Å². The van der Waals surface area contributed by atoms with Crippen LogP contribution in [0.1, 0.15) is 6.92 Å². The molecular formula is C9H15O5P. The smallest absolute Gasteiger partial charge is 0.391 e. The summed E-state index contributed by atoms with van der Waals surface area (Å²) in [5.74, 6) is 0.471. The highest BCUT2D eigenvalue weighted by Crippen LogP contribution is 2.27. The molecule has 1 atom stereocenters. The first-order valence-corrected chi connectivity index (χ1v) is 5.42. The molecule has 1 rings (SSSR count). The van der Waals surface area contributed by atoms with E-state index in [1.54, 1.807) is 24.3 Å². The highest BCUT2D eigenvalue weighted by atomic mass is 31.2. The minimum Gasteiger partial charge on any atom is -0.427 e. The van der Waals surface area contributed by atoms with Crippen molar-refractivity contribution in [3.8, 4) is 5.75 Å². The zero-order valence-electron chi connectivity index (χ0n) is 8.32. The summed E-state index contributed by atoms with van der Waals surface area (Å²) in [4.78, 5) is 16.8. The Bertz CT molecular complexity index is 240. The summed E-state index contributed by atoms with van der Waals surface area (Å²) in [7, 11) is -2.28. The minimum absolute atomic E-state index is 0.139. The average molecular weight is 234 g/mol. The number of rotatable bonds is 3. The van der Waals surface area contributed by atoms with E-state index >= 15 is 0 Å². The Morgan fingerprint density at radius 1 is 1.27 bits per heavy atom. The van der Waals surface area contributed by atoms with Crippen molar-refractivity contribution in [1.29, 1.82) is 0 Å². The zero-order chi connectivity index (χ0) is 11.7. The van der Waals surface area contributed by atoms with Crippen molar-refractivity contribution in [2.75, 3.05) is 6.61 Å². The van der Waals surface area contributed by atoms with Gasteiger partial charge in [0.1, 0.15) is 5.75 Å². The van der Waals surface area contributed by atoms with Crippen molar-refractivity contribution in [3.63, 3.8) is 0 Å². The summed E-state index contributed by atoms with van der Waals surface area (Å²) in [6.07, 6.45) is -0.560. The summed E-state index contributed by atoms with van der Waals surface area (Å²) >= 11 is 0. The van der Waals surface area contributed by atoms with Crippen molar-refractivity contribution in [3.05, 3.63) is 30.3 Å². The monoisotopic (exact) mass is 234 g/mol. The molecular weight excluding hydrogens is 219 g/mol. The number of hydrogen-bond acceptors (Lipinski definition) is 5. The third-order valence-corrected chi connectivity index (χ3v) is 1.57. The molecule has 0 aliphatic rings. The van der Waals surface area contributed by atoms with E-state index in [0.29, 0.717) is 5.75 Å². The van der Waals surface area contributed by atoms with Crippen LogP contribution in [0.15, 0.2) is 30.3 Å². The molecule has 0 fully saturated rings. The molecule has 0 heterocycles. The predicted octanol–water partition coefficient (Wildman–Crippen LogP) is 0.636. The van der Waals surface area contributed by atoms with Gasteiger partial charge in [0.15, 0.2) is 0 Å². The normalized spacial score (nSPS) is 11.6. The van der Waals surface area contributed by atoms with Crippen LogP contribution >= 0.6 is 8.60 Å². The van der Waals surface area contributed by atoms with Crippen molar-refractivity contribution in [1.82, 2.24) is 0 Å². The van der Waals surface area contributed by atoms with Gasteiger partial charge in [0, 0.05) is 0 Å². The van der Waals surface area contributed by atoms with Crippen LogP contribution in [0, 0.1) is 0 Å². The summed E-state index contributed by atoms with van der Waals surface area (Å²) in [6, 6.07) is 8.65. The molecule has 0 spiro atoms. The van der Waals surface area contributed by atoms with Crippen LogP contribution in [0.3, 0.4) is 0 Å². The molecule has 0 radical (unpaired) electrons. The third-order valence-electron chi connectivity index (χ3n) is 1.19. The Morgan fingerprint density at radius 2 is 1.73 bits per heavy atom. The van der Waals surface area contributed by atoms with Crippen LogP contribution in [0.4, 0.5) is 0 Å². The van der Waals surface area contributed by atoms with E-state index in [1.165, 1.54) is 6.92 Å². The van der Waals surface area contributed by atoms with E-state index in [9.17, 15) is 0 Å².